The molecule has 0 spiro atoms. The van der Waals surface area contributed by atoms with Crippen molar-refractivity contribution in [2.45, 2.75) is 12.2 Å². The lowest BCUT2D eigenvalue weighted by Gasteiger charge is -2.15. The summed E-state index contributed by atoms with van der Waals surface area (Å²) >= 11 is 5.58. The van der Waals surface area contributed by atoms with E-state index in [9.17, 15) is 19.4 Å². The monoisotopic (exact) mass is 259 g/mol. The predicted octanol–water partition coefficient (Wildman–Crippen LogP) is 0.657. The Kier molecular flexibility index (Phi) is 3.33. The minimum Gasteiger partial charge on any atom is -0.388 e. The first-order chi connectivity index (χ1) is 7.99. The molecule has 6 heteroatoms. The normalized spacial score (nSPS) is 24.1. The van der Waals surface area contributed by atoms with Gasteiger partial charge in [0, 0.05) is 18.7 Å². The van der Waals surface area contributed by atoms with E-state index < -0.39 is 18.0 Å². The minimum absolute atomic E-state index is 0.0645. The molecular formula is C11H11ClFNO3. The fourth-order valence-electron chi connectivity index (χ4n) is 1.75. The van der Waals surface area contributed by atoms with E-state index in [1.54, 1.807) is 0 Å². The number of halogens is 2. The van der Waals surface area contributed by atoms with Crippen molar-refractivity contribution in [2.75, 3.05) is 13.1 Å². The number of β-amino-alcohol motifs (C(OH)–C–C–N with tert-alkyl or cyclic N) is 2. The van der Waals surface area contributed by atoms with Gasteiger partial charge >= 0.3 is 0 Å². The number of likely N-dealkylation sites (tertiary alicyclic amines) is 1. The van der Waals surface area contributed by atoms with Gasteiger partial charge in [-0.15, -0.1) is 0 Å². The molecule has 1 aromatic carbocycles. The van der Waals surface area contributed by atoms with E-state index in [1.807, 2.05) is 0 Å². The second-order valence-corrected chi connectivity index (χ2v) is 4.38. The highest BCUT2D eigenvalue weighted by Gasteiger charge is 2.33. The van der Waals surface area contributed by atoms with Gasteiger partial charge < -0.3 is 15.1 Å². The Bertz CT molecular complexity index is 444. The standard InChI is InChI=1S/C11H11ClFNO3/c12-7-3-6(1-2-8(7)13)11(17)14-4-9(15)10(16)5-14/h1-3,9-10,15-16H,4-5H2/t9-,10+. The van der Waals surface area contributed by atoms with E-state index in [2.05, 4.69) is 0 Å². The molecule has 1 saturated heterocycles. The number of rotatable bonds is 1. The van der Waals surface area contributed by atoms with Crippen molar-refractivity contribution in [2.24, 2.45) is 0 Å². The number of carbonyl (C=O) groups is 1. The van der Waals surface area contributed by atoms with E-state index in [1.165, 1.54) is 17.0 Å². The number of benzene rings is 1. The number of hydrogen-bond donors (Lipinski definition) is 2. The molecule has 0 aromatic heterocycles. The van der Waals surface area contributed by atoms with E-state index >= 15 is 0 Å². The van der Waals surface area contributed by atoms with Crippen LogP contribution in [0.3, 0.4) is 0 Å². The highest BCUT2D eigenvalue weighted by atomic mass is 35.5. The van der Waals surface area contributed by atoms with Crippen LogP contribution in [0.25, 0.3) is 0 Å². The summed E-state index contributed by atoms with van der Waals surface area (Å²) in [6.07, 6.45) is -1.87. The van der Waals surface area contributed by atoms with Gasteiger partial charge in [0.25, 0.3) is 5.91 Å². The van der Waals surface area contributed by atoms with Crippen molar-refractivity contribution in [3.05, 3.63) is 34.6 Å². The molecule has 2 rings (SSSR count). The number of carbonyl (C=O) groups excluding carboxylic acids is 1. The molecule has 0 bridgehead atoms. The van der Waals surface area contributed by atoms with Gasteiger partial charge in [0.1, 0.15) is 5.82 Å². The Morgan fingerprint density at radius 3 is 2.47 bits per heavy atom. The topological polar surface area (TPSA) is 60.8 Å². The first-order valence-electron chi connectivity index (χ1n) is 5.09. The van der Waals surface area contributed by atoms with Crippen LogP contribution in [-0.2, 0) is 0 Å². The van der Waals surface area contributed by atoms with Crippen molar-refractivity contribution < 1.29 is 19.4 Å². The third-order valence-electron chi connectivity index (χ3n) is 2.71. The lowest BCUT2D eigenvalue weighted by atomic mass is 10.2. The molecule has 0 unspecified atom stereocenters. The summed E-state index contributed by atoms with van der Waals surface area (Å²) in [5, 5.41) is 18.5. The molecule has 2 atom stereocenters. The van der Waals surface area contributed by atoms with Gasteiger partial charge in [-0.25, -0.2) is 4.39 Å². The number of amides is 1. The van der Waals surface area contributed by atoms with Crippen molar-refractivity contribution >= 4 is 17.5 Å². The van der Waals surface area contributed by atoms with Crippen molar-refractivity contribution in [1.29, 1.82) is 0 Å². The predicted molar refractivity (Wildman–Crippen MR) is 59.3 cm³/mol. The zero-order valence-corrected chi connectivity index (χ0v) is 9.56. The smallest absolute Gasteiger partial charge is 0.254 e. The highest BCUT2D eigenvalue weighted by Crippen LogP contribution is 2.19. The third-order valence-corrected chi connectivity index (χ3v) is 3.00. The van der Waals surface area contributed by atoms with Gasteiger partial charge in [-0.05, 0) is 18.2 Å². The van der Waals surface area contributed by atoms with Crippen LogP contribution in [0.2, 0.25) is 5.02 Å². The van der Waals surface area contributed by atoms with E-state index in [-0.39, 0.29) is 29.6 Å². The second-order valence-electron chi connectivity index (χ2n) is 3.97. The second kappa shape index (κ2) is 4.60. The average Bonchev–Trinajstić information content (AvgIpc) is 2.62. The summed E-state index contributed by atoms with van der Waals surface area (Å²) < 4.78 is 12.9. The van der Waals surface area contributed by atoms with Crippen LogP contribution in [0.4, 0.5) is 4.39 Å². The summed E-state index contributed by atoms with van der Waals surface area (Å²) in [6.45, 7) is 0.129. The molecule has 1 aromatic rings. The molecule has 1 aliphatic heterocycles. The summed E-state index contributed by atoms with van der Waals surface area (Å²) in [6, 6.07) is 3.66. The van der Waals surface area contributed by atoms with Gasteiger partial charge in [0.05, 0.1) is 17.2 Å². The van der Waals surface area contributed by atoms with Gasteiger partial charge in [0.2, 0.25) is 0 Å². The molecule has 1 amide bonds. The maximum atomic E-state index is 12.9. The first-order valence-corrected chi connectivity index (χ1v) is 5.47. The summed E-state index contributed by atoms with van der Waals surface area (Å²) in [5.74, 6) is -0.979. The maximum absolute atomic E-state index is 12.9. The van der Waals surface area contributed by atoms with Crippen LogP contribution in [0.15, 0.2) is 18.2 Å². The van der Waals surface area contributed by atoms with E-state index in [0.717, 1.165) is 6.07 Å². The number of aliphatic hydroxyl groups is 2. The molecule has 1 heterocycles. The molecule has 92 valence electrons. The Labute approximate surface area is 102 Å². The molecular weight excluding hydrogens is 249 g/mol. The molecule has 2 N–H and O–H groups in total. The lowest BCUT2D eigenvalue weighted by Crippen LogP contribution is -2.29. The first kappa shape index (κ1) is 12.3. The van der Waals surface area contributed by atoms with Crippen LogP contribution in [0.5, 0.6) is 0 Å². The van der Waals surface area contributed by atoms with Crippen LogP contribution in [0.1, 0.15) is 10.4 Å². The van der Waals surface area contributed by atoms with Gasteiger partial charge in [-0.3, -0.25) is 4.79 Å². The lowest BCUT2D eigenvalue weighted by molar-refractivity contribution is 0.0572. The van der Waals surface area contributed by atoms with Crippen molar-refractivity contribution in [3.63, 3.8) is 0 Å². The number of hydrogen-bond acceptors (Lipinski definition) is 3. The van der Waals surface area contributed by atoms with Crippen LogP contribution in [-0.4, -0.2) is 46.3 Å². The van der Waals surface area contributed by atoms with Crippen LogP contribution < -0.4 is 0 Å². The minimum atomic E-state index is -0.935. The summed E-state index contributed by atoms with van der Waals surface area (Å²) in [4.78, 5) is 13.2. The third kappa shape index (κ3) is 2.41. The number of aliphatic hydroxyl groups excluding tert-OH is 2. The van der Waals surface area contributed by atoms with Gasteiger partial charge in [-0.2, -0.15) is 0 Å². The molecule has 0 radical (unpaired) electrons. The fraction of sp³-hybridized carbons (Fsp3) is 0.364. The molecule has 1 fully saturated rings. The zero-order chi connectivity index (χ0) is 12.6. The van der Waals surface area contributed by atoms with Gasteiger partial charge in [0.15, 0.2) is 0 Å². The largest absolute Gasteiger partial charge is 0.388 e. The average molecular weight is 260 g/mol. The Morgan fingerprint density at radius 1 is 1.35 bits per heavy atom. The maximum Gasteiger partial charge on any atom is 0.254 e. The van der Waals surface area contributed by atoms with Crippen molar-refractivity contribution in [3.8, 4) is 0 Å². The highest BCUT2D eigenvalue weighted by molar-refractivity contribution is 6.31. The Balaban J connectivity index is 2.17. The quantitative estimate of drug-likeness (QED) is 0.779. The summed E-state index contributed by atoms with van der Waals surface area (Å²) in [5.41, 5.74) is 0.234. The fourth-order valence-corrected chi connectivity index (χ4v) is 1.93. The number of nitrogens with zero attached hydrogens (tertiary/aromatic N) is 1. The molecule has 1 aliphatic rings. The Morgan fingerprint density at radius 2 is 1.94 bits per heavy atom. The molecule has 17 heavy (non-hydrogen) atoms. The van der Waals surface area contributed by atoms with Crippen LogP contribution in [0, 0.1) is 5.82 Å². The van der Waals surface area contributed by atoms with E-state index in [4.69, 9.17) is 11.6 Å². The van der Waals surface area contributed by atoms with Crippen molar-refractivity contribution in [1.82, 2.24) is 4.90 Å². The molecule has 0 aliphatic carbocycles. The zero-order valence-electron chi connectivity index (χ0n) is 8.81. The Hall–Kier alpha value is -1.17. The van der Waals surface area contributed by atoms with Gasteiger partial charge in [-0.1, -0.05) is 11.6 Å². The van der Waals surface area contributed by atoms with Crippen LogP contribution >= 0.6 is 11.6 Å². The molecule has 4 nitrogen and oxygen atoms in total. The summed E-state index contributed by atoms with van der Waals surface area (Å²) in [7, 11) is 0. The SMILES string of the molecule is O=C(c1ccc(F)c(Cl)c1)N1C[C@@H](O)[C@@H](O)C1. The van der Waals surface area contributed by atoms with E-state index in [0.29, 0.717) is 0 Å². The molecule has 0 saturated carbocycles.